The maximum Gasteiger partial charge on any atom is 0.191 e. The Bertz CT molecular complexity index is 617. The molecule has 0 atom stereocenters. The molecule has 1 aromatic carbocycles. The Kier molecular flexibility index (Phi) is 3.90. The van der Waals surface area contributed by atoms with Gasteiger partial charge in [-0.3, -0.25) is 5.41 Å². The van der Waals surface area contributed by atoms with Gasteiger partial charge in [0.05, 0.1) is 0 Å². The summed E-state index contributed by atoms with van der Waals surface area (Å²) in [4.78, 5) is 0. The first-order valence-corrected chi connectivity index (χ1v) is 6.90. The molecule has 3 N–H and O–H groups in total. The third kappa shape index (κ3) is 2.96. The zero-order valence-electron chi connectivity index (χ0n) is 11.3. The maximum absolute atomic E-state index is 7.42. The molecule has 0 radical (unpaired) electrons. The van der Waals surface area contributed by atoms with E-state index in [1.165, 1.54) is 5.56 Å². The molecule has 6 heteroatoms. The van der Waals surface area contributed by atoms with Crippen molar-refractivity contribution in [1.29, 1.82) is 5.41 Å². The van der Waals surface area contributed by atoms with Gasteiger partial charge in [-0.15, -0.1) is 10.2 Å². The summed E-state index contributed by atoms with van der Waals surface area (Å²) >= 11 is 1.65. The van der Waals surface area contributed by atoms with Gasteiger partial charge in [-0.1, -0.05) is 23.9 Å². The summed E-state index contributed by atoms with van der Waals surface area (Å²) in [5.74, 6) is 1.84. The molecule has 5 nitrogen and oxygen atoms in total. The van der Waals surface area contributed by atoms with E-state index in [4.69, 9.17) is 11.1 Å². The van der Waals surface area contributed by atoms with Gasteiger partial charge in [0.15, 0.2) is 5.16 Å². The van der Waals surface area contributed by atoms with Crippen LogP contribution >= 0.6 is 11.8 Å². The van der Waals surface area contributed by atoms with Crippen molar-refractivity contribution < 1.29 is 0 Å². The number of nitrogen functional groups attached to an aromatic ring is 1. The van der Waals surface area contributed by atoms with Gasteiger partial charge in [-0.05, 0) is 31.0 Å². The molecule has 0 aliphatic carbocycles. The molecule has 0 saturated heterocycles. The van der Waals surface area contributed by atoms with Crippen LogP contribution in [0.3, 0.4) is 0 Å². The smallest absolute Gasteiger partial charge is 0.191 e. The highest BCUT2D eigenvalue weighted by Crippen LogP contribution is 2.23. The quantitative estimate of drug-likeness (QED) is 0.508. The molecule has 19 heavy (non-hydrogen) atoms. The van der Waals surface area contributed by atoms with Crippen molar-refractivity contribution in [1.82, 2.24) is 14.8 Å². The second kappa shape index (κ2) is 5.44. The van der Waals surface area contributed by atoms with Crippen LogP contribution in [0.15, 0.2) is 23.4 Å². The SMILES string of the molecule is Cc1cc(C(=N)N)ccc1CSc1nnc(C)n1C. The summed E-state index contributed by atoms with van der Waals surface area (Å²) < 4.78 is 1.98. The van der Waals surface area contributed by atoms with Gasteiger partial charge in [0.2, 0.25) is 0 Å². The van der Waals surface area contributed by atoms with E-state index in [0.29, 0.717) is 0 Å². The lowest BCUT2D eigenvalue weighted by Gasteiger charge is -2.07. The molecule has 1 aromatic heterocycles. The number of hydrogen-bond donors (Lipinski definition) is 2. The molecule has 2 rings (SSSR count). The lowest BCUT2D eigenvalue weighted by atomic mass is 10.1. The van der Waals surface area contributed by atoms with Crippen molar-refractivity contribution in [2.75, 3.05) is 0 Å². The minimum absolute atomic E-state index is 0.103. The van der Waals surface area contributed by atoms with E-state index in [0.717, 1.165) is 27.9 Å². The van der Waals surface area contributed by atoms with E-state index in [-0.39, 0.29) is 5.84 Å². The predicted molar refractivity (Wildman–Crippen MR) is 77.5 cm³/mol. The second-order valence-corrected chi connectivity index (χ2v) is 5.37. The number of hydrogen-bond acceptors (Lipinski definition) is 4. The molecule has 2 aromatic rings. The summed E-state index contributed by atoms with van der Waals surface area (Å²) in [5, 5.41) is 16.5. The first-order valence-electron chi connectivity index (χ1n) is 5.91. The van der Waals surface area contributed by atoms with Gasteiger partial charge in [0.1, 0.15) is 11.7 Å². The Morgan fingerprint density at radius 1 is 1.37 bits per heavy atom. The summed E-state index contributed by atoms with van der Waals surface area (Å²) in [7, 11) is 1.96. The highest BCUT2D eigenvalue weighted by atomic mass is 32.2. The molecule has 1 heterocycles. The van der Waals surface area contributed by atoms with Crippen molar-refractivity contribution >= 4 is 17.6 Å². The van der Waals surface area contributed by atoms with Gasteiger partial charge in [0.25, 0.3) is 0 Å². The molecule has 0 fully saturated rings. The monoisotopic (exact) mass is 275 g/mol. The number of aromatic nitrogens is 3. The number of benzene rings is 1. The van der Waals surface area contributed by atoms with E-state index >= 15 is 0 Å². The Balaban J connectivity index is 2.12. The normalized spacial score (nSPS) is 10.7. The van der Waals surface area contributed by atoms with Crippen LogP contribution in [0.25, 0.3) is 0 Å². The lowest BCUT2D eigenvalue weighted by molar-refractivity contribution is 0.765. The second-order valence-electron chi connectivity index (χ2n) is 4.43. The standard InChI is InChI=1S/C13H17N5S/c1-8-6-10(12(14)15)4-5-11(8)7-19-13-17-16-9(2)18(13)3/h4-6H,7H2,1-3H3,(H3,14,15). The van der Waals surface area contributed by atoms with Crippen LogP contribution in [0.1, 0.15) is 22.5 Å². The summed E-state index contributed by atoms with van der Waals surface area (Å²) in [6, 6.07) is 5.84. The summed E-state index contributed by atoms with van der Waals surface area (Å²) in [5.41, 5.74) is 8.60. The largest absolute Gasteiger partial charge is 0.384 e. The van der Waals surface area contributed by atoms with Crippen LogP contribution in [0, 0.1) is 19.3 Å². The van der Waals surface area contributed by atoms with E-state index in [1.54, 1.807) is 11.8 Å². The molecular formula is C13H17N5S. The molecule has 0 saturated carbocycles. The highest BCUT2D eigenvalue weighted by Gasteiger charge is 2.08. The number of aryl methyl sites for hydroxylation is 2. The highest BCUT2D eigenvalue weighted by molar-refractivity contribution is 7.98. The Morgan fingerprint density at radius 2 is 2.11 bits per heavy atom. The van der Waals surface area contributed by atoms with Crippen molar-refractivity contribution in [3.05, 3.63) is 40.7 Å². The number of amidine groups is 1. The molecular weight excluding hydrogens is 258 g/mol. The third-order valence-electron chi connectivity index (χ3n) is 3.06. The van der Waals surface area contributed by atoms with Crippen LogP contribution < -0.4 is 5.73 Å². The minimum Gasteiger partial charge on any atom is -0.384 e. The van der Waals surface area contributed by atoms with E-state index in [1.807, 2.05) is 43.7 Å². The number of nitrogens with two attached hydrogens (primary N) is 1. The van der Waals surface area contributed by atoms with Crippen LogP contribution in [0.4, 0.5) is 0 Å². The molecule has 0 amide bonds. The van der Waals surface area contributed by atoms with E-state index in [9.17, 15) is 0 Å². The Hall–Kier alpha value is -1.82. The first-order chi connectivity index (χ1) is 8.99. The van der Waals surface area contributed by atoms with Crippen LogP contribution in [0.2, 0.25) is 0 Å². The minimum atomic E-state index is 0.103. The molecule has 100 valence electrons. The van der Waals surface area contributed by atoms with Crippen molar-refractivity contribution in [3.8, 4) is 0 Å². The number of thioether (sulfide) groups is 1. The van der Waals surface area contributed by atoms with Gasteiger partial charge >= 0.3 is 0 Å². The van der Waals surface area contributed by atoms with Gasteiger partial charge in [0, 0.05) is 18.4 Å². The number of rotatable bonds is 4. The van der Waals surface area contributed by atoms with Crippen molar-refractivity contribution in [2.45, 2.75) is 24.8 Å². The maximum atomic E-state index is 7.42. The first kappa shape index (κ1) is 13.6. The van der Waals surface area contributed by atoms with Gasteiger partial charge in [-0.25, -0.2) is 0 Å². The zero-order valence-corrected chi connectivity index (χ0v) is 12.1. The Labute approximate surface area is 116 Å². The fourth-order valence-electron chi connectivity index (χ4n) is 1.68. The van der Waals surface area contributed by atoms with Crippen LogP contribution in [-0.4, -0.2) is 20.6 Å². The summed E-state index contributed by atoms with van der Waals surface area (Å²) in [6.45, 7) is 3.97. The molecule has 0 unspecified atom stereocenters. The predicted octanol–water partition coefficient (Wildman–Crippen LogP) is 2.01. The average molecular weight is 275 g/mol. The molecule has 0 aliphatic heterocycles. The lowest BCUT2D eigenvalue weighted by Crippen LogP contribution is -2.11. The zero-order chi connectivity index (χ0) is 14.0. The van der Waals surface area contributed by atoms with Gasteiger partial charge in [-0.2, -0.15) is 0 Å². The van der Waals surface area contributed by atoms with Crippen LogP contribution in [0.5, 0.6) is 0 Å². The topological polar surface area (TPSA) is 80.6 Å². The van der Waals surface area contributed by atoms with E-state index in [2.05, 4.69) is 10.2 Å². The molecule has 0 spiro atoms. The van der Waals surface area contributed by atoms with E-state index < -0.39 is 0 Å². The molecule has 0 bridgehead atoms. The number of nitrogens with zero attached hydrogens (tertiary/aromatic N) is 3. The third-order valence-corrected chi connectivity index (χ3v) is 4.13. The Morgan fingerprint density at radius 3 is 2.63 bits per heavy atom. The average Bonchev–Trinajstić information content (AvgIpc) is 2.68. The summed E-state index contributed by atoms with van der Waals surface area (Å²) in [6.07, 6.45) is 0. The fourth-order valence-corrected chi connectivity index (χ4v) is 2.71. The molecule has 0 aliphatic rings. The van der Waals surface area contributed by atoms with Crippen molar-refractivity contribution in [3.63, 3.8) is 0 Å². The fraction of sp³-hybridized carbons (Fsp3) is 0.308. The van der Waals surface area contributed by atoms with Crippen molar-refractivity contribution in [2.24, 2.45) is 12.8 Å². The van der Waals surface area contributed by atoms with Gasteiger partial charge < -0.3 is 10.3 Å². The number of nitrogens with one attached hydrogen (secondary N) is 1. The van der Waals surface area contributed by atoms with Crippen LogP contribution in [-0.2, 0) is 12.8 Å².